The van der Waals surface area contributed by atoms with E-state index in [0.717, 1.165) is 30.4 Å². The Morgan fingerprint density at radius 3 is 2.94 bits per heavy atom. The summed E-state index contributed by atoms with van der Waals surface area (Å²) in [5, 5.41) is 0. The highest BCUT2D eigenvalue weighted by atomic mass is 15.1. The first-order valence-electron chi connectivity index (χ1n) is 5.99. The minimum atomic E-state index is 0.0494. The van der Waals surface area contributed by atoms with E-state index < -0.39 is 0 Å². The Balaban J connectivity index is 1.89. The topological polar surface area (TPSA) is 47.1 Å². The maximum absolute atomic E-state index is 6.14. The van der Waals surface area contributed by atoms with Crippen LogP contribution >= 0.6 is 0 Å². The van der Waals surface area contributed by atoms with Crippen LogP contribution < -0.4 is 10.6 Å². The van der Waals surface area contributed by atoms with Gasteiger partial charge in [-0.1, -0.05) is 0 Å². The van der Waals surface area contributed by atoms with Crippen LogP contribution in [0, 0.1) is 0 Å². The van der Waals surface area contributed by atoms with Gasteiger partial charge in [0, 0.05) is 31.9 Å². The van der Waals surface area contributed by atoms with Gasteiger partial charge in [-0.3, -0.25) is 0 Å². The standard InChI is InChI=1S/C13H18N4/c1-16(8-13(14)5-6-13)10-3-4-12-11(7-10)15-9-17(12)2/h3-4,7,9H,5-6,8,14H2,1-2H3. The van der Waals surface area contributed by atoms with E-state index in [0.29, 0.717) is 0 Å². The van der Waals surface area contributed by atoms with Gasteiger partial charge < -0.3 is 15.2 Å². The summed E-state index contributed by atoms with van der Waals surface area (Å²) in [6.07, 6.45) is 4.13. The van der Waals surface area contributed by atoms with Gasteiger partial charge in [0.05, 0.1) is 17.4 Å². The maximum atomic E-state index is 6.14. The van der Waals surface area contributed by atoms with Gasteiger partial charge in [-0.25, -0.2) is 4.98 Å². The van der Waals surface area contributed by atoms with Crippen LogP contribution in [0.15, 0.2) is 24.5 Å². The molecule has 2 N–H and O–H groups in total. The number of hydrogen-bond acceptors (Lipinski definition) is 3. The van der Waals surface area contributed by atoms with Crippen LogP contribution in [0.2, 0.25) is 0 Å². The molecule has 0 saturated heterocycles. The van der Waals surface area contributed by atoms with Crippen molar-refractivity contribution >= 4 is 16.7 Å². The van der Waals surface area contributed by atoms with Crippen LogP contribution in [0.25, 0.3) is 11.0 Å². The van der Waals surface area contributed by atoms with E-state index in [1.54, 1.807) is 0 Å². The second kappa shape index (κ2) is 3.47. The smallest absolute Gasteiger partial charge is 0.0955 e. The van der Waals surface area contributed by atoms with E-state index in [1.165, 1.54) is 5.69 Å². The normalized spacial score (nSPS) is 17.4. The molecule has 4 heteroatoms. The number of aryl methyl sites for hydroxylation is 1. The number of rotatable bonds is 3. The van der Waals surface area contributed by atoms with Gasteiger partial charge in [-0.2, -0.15) is 0 Å². The summed E-state index contributed by atoms with van der Waals surface area (Å²) in [6.45, 7) is 0.922. The molecular formula is C13H18N4. The lowest BCUT2D eigenvalue weighted by Gasteiger charge is -2.23. The number of nitrogens with two attached hydrogens (primary N) is 1. The van der Waals surface area contributed by atoms with E-state index in [2.05, 4.69) is 35.1 Å². The predicted molar refractivity (Wildman–Crippen MR) is 70.1 cm³/mol. The fraction of sp³-hybridized carbons (Fsp3) is 0.462. The zero-order valence-electron chi connectivity index (χ0n) is 10.3. The molecule has 2 aromatic rings. The number of benzene rings is 1. The summed E-state index contributed by atoms with van der Waals surface area (Å²) < 4.78 is 2.03. The van der Waals surface area contributed by atoms with Crippen molar-refractivity contribution in [2.24, 2.45) is 12.8 Å². The van der Waals surface area contributed by atoms with Crippen molar-refractivity contribution in [2.75, 3.05) is 18.5 Å². The third-order valence-corrected chi connectivity index (χ3v) is 3.59. The highest BCUT2D eigenvalue weighted by molar-refractivity contribution is 5.79. The molecule has 0 atom stereocenters. The molecule has 0 amide bonds. The Kier molecular flexibility index (Phi) is 2.16. The number of nitrogens with zero attached hydrogens (tertiary/aromatic N) is 3. The largest absolute Gasteiger partial charge is 0.373 e. The molecule has 90 valence electrons. The zero-order chi connectivity index (χ0) is 12.0. The lowest BCUT2D eigenvalue weighted by molar-refractivity contribution is 0.661. The van der Waals surface area contributed by atoms with Gasteiger partial charge in [0.2, 0.25) is 0 Å². The molecule has 1 saturated carbocycles. The molecule has 0 aliphatic heterocycles. The minimum Gasteiger partial charge on any atom is -0.373 e. The van der Waals surface area contributed by atoms with E-state index >= 15 is 0 Å². The van der Waals surface area contributed by atoms with Gasteiger partial charge in [-0.05, 0) is 31.0 Å². The number of anilines is 1. The molecule has 1 fully saturated rings. The third-order valence-electron chi connectivity index (χ3n) is 3.59. The molecule has 17 heavy (non-hydrogen) atoms. The monoisotopic (exact) mass is 230 g/mol. The van der Waals surface area contributed by atoms with Gasteiger partial charge in [-0.15, -0.1) is 0 Å². The number of fused-ring (bicyclic) bond motifs is 1. The Labute approximate surface area is 101 Å². The molecule has 1 aliphatic rings. The quantitative estimate of drug-likeness (QED) is 0.869. The van der Waals surface area contributed by atoms with E-state index in [-0.39, 0.29) is 5.54 Å². The molecule has 0 bridgehead atoms. The van der Waals surface area contributed by atoms with Crippen LogP contribution in [0.1, 0.15) is 12.8 Å². The van der Waals surface area contributed by atoms with Crippen molar-refractivity contribution < 1.29 is 0 Å². The lowest BCUT2D eigenvalue weighted by atomic mass is 10.2. The summed E-state index contributed by atoms with van der Waals surface area (Å²) in [6, 6.07) is 6.38. The van der Waals surface area contributed by atoms with Crippen molar-refractivity contribution in [1.29, 1.82) is 0 Å². The van der Waals surface area contributed by atoms with Gasteiger partial charge in [0.1, 0.15) is 0 Å². The molecular weight excluding hydrogens is 212 g/mol. The Morgan fingerprint density at radius 2 is 2.24 bits per heavy atom. The molecule has 4 nitrogen and oxygen atoms in total. The van der Waals surface area contributed by atoms with E-state index in [9.17, 15) is 0 Å². The second-order valence-corrected chi connectivity index (χ2v) is 5.25. The summed E-state index contributed by atoms with van der Waals surface area (Å²) in [5.74, 6) is 0. The Bertz CT molecular complexity index is 554. The van der Waals surface area contributed by atoms with Crippen molar-refractivity contribution in [3.05, 3.63) is 24.5 Å². The SMILES string of the molecule is CN(CC1(N)CC1)c1ccc2c(c1)ncn2C. The van der Waals surface area contributed by atoms with E-state index in [4.69, 9.17) is 5.73 Å². The maximum Gasteiger partial charge on any atom is 0.0955 e. The molecule has 1 aromatic heterocycles. The molecule has 3 rings (SSSR count). The molecule has 1 aliphatic carbocycles. The van der Waals surface area contributed by atoms with Crippen molar-refractivity contribution in [1.82, 2.24) is 9.55 Å². The molecule has 0 spiro atoms. The van der Waals surface area contributed by atoms with Crippen molar-refractivity contribution in [2.45, 2.75) is 18.4 Å². The third kappa shape index (κ3) is 1.89. The number of hydrogen-bond donors (Lipinski definition) is 1. The highest BCUT2D eigenvalue weighted by Gasteiger charge is 2.39. The number of likely N-dealkylation sites (N-methyl/N-ethyl adjacent to an activating group) is 1. The minimum absolute atomic E-state index is 0.0494. The first-order valence-corrected chi connectivity index (χ1v) is 5.99. The summed E-state index contributed by atoms with van der Waals surface area (Å²) in [4.78, 5) is 6.60. The van der Waals surface area contributed by atoms with Crippen LogP contribution in [-0.4, -0.2) is 28.7 Å². The second-order valence-electron chi connectivity index (χ2n) is 5.25. The first kappa shape index (κ1) is 10.6. The van der Waals surface area contributed by atoms with Crippen molar-refractivity contribution in [3.8, 4) is 0 Å². The molecule has 0 unspecified atom stereocenters. The first-order chi connectivity index (χ1) is 8.07. The molecule has 0 radical (unpaired) electrons. The average Bonchev–Trinajstić information content (AvgIpc) is 2.91. The highest BCUT2D eigenvalue weighted by Crippen LogP contribution is 2.34. The van der Waals surface area contributed by atoms with Crippen LogP contribution in [0.3, 0.4) is 0 Å². The number of imidazole rings is 1. The number of aromatic nitrogens is 2. The average molecular weight is 230 g/mol. The summed E-state index contributed by atoms with van der Waals surface area (Å²) in [7, 11) is 4.11. The predicted octanol–water partition coefficient (Wildman–Crippen LogP) is 1.50. The fourth-order valence-electron chi connectivity index (χ4n) is 2.24. The Morgan fingerprint density at radius 1 is 1.47 bits per heavy atom. The summed E-state index contributed by atoms with van der Waals surface area (Å²) in [5.41, 5.74) is 9.58. The van der Waals surface area contributed by atoms with Gasteiger partial charge >= 0.3 is 0 Å². The molecule has 1 aromatic carbocycles. The van der Waals surface area contributed by atoms with Crippen LogP contribution in [0.4, 0.5) is 5.69 Å². The van der Waals surface area contributed by atoms with Crippen LogP contribution in [-0.2, 0) is 7.05 Å². The van der Waals surface area contributed by atoms with Gasteiger partial charge in [0.25, 0.3) is 0 Å². The fourth-order valence-corrected chi connectivity index (χ4v) is 2.24. The van der Waals surface area contributed by atoms with Crippen LogP contribution in [0.5, 0.6) is 0 Å². The van der Waals surface area contributed by atoms with E-state index in [1.807, 2.05) is 17.9 Å². The zero-order valence-corrected chi connectivity index (χ0v) is 10.3. The van der Waals surface area contributed by atoms with Crippen molar-refractivity contribution in [3.63, 3.8) is 0 Å². The summed E-state index contributed by atoms with van der Waals surface area (Å²) >= 11 is 0. The molecule has 1 heterocycles. The van der Waals surface area contributed by atoms with Gasteiger partial charge in [0.15, 0.2) is 0 Å². The Hall–Kier alpha value is -1.55. The lowest BCUT2D eigenvalue weighted by Crippen LogP contribution is -2.37.